The van der Waals surface area contributed by atoms with Crippen LogP contribution >= 0.6 is 23.5 Å². The van der Waals surface area contributed by atoms with E-state index in [0.717, 1.165) is 22.4 Å². The van der Waals surface area contributed by atoms with Crippen LogP contribution in [0.2, 0.25) is 0 Å². The van der Waals surface area contributed by atoms with Crippen LogP contribution in [0.5, 0.6) is 0 Å². The molecule has 0 saturated heterocycles. The highest BCUT2D eigenvalue weighted by Crippen LogP contribution is 2.11. The molecule has 1 aromatic rings. The van der Waals surface area contributed by atoms with E-state index in [9.17, 15) is 4.79 Å². The molecule has 0 radical (unpaired) electrons. The van der Waals surface area contributed by atoms with Crippen LogP contribution in [0.3, 0.4) is 0 Å². The first-order valence-electron chi connectivity index (χ1n) is 3.98. The maximum atomic E-state index is 11.1. The fraction of sp³-hybridized carbons (Fsp3) is 0.500. The molecule has 1 rings (SSSR count). The van der Waals surface area contributed by atoms with Gasteiger partial charge < -0.3 is 4.98 Å². The highest BCUT2D eigenvalue weighted by atomic mass is 32.2. The van der Waals surface area contributed by atoms with Gasteiger partial charge in [-0.25, -0.2) is 4.98 Å². The van der Waals surface area contributed by atoms with Crippen LogP contribution in [-0.2, 0) is 5.75 Å². The van der Waals surface area contributed by atoms with Gasteiger partial charge in [0, 0.05) is 11.8 Å². The van der Waals surface area contributed by atoms with E-state index in [1.807, 2.05) is 13.2 Å². The van der Waals surface area contributed by atoms with Crippen LogP contribution < -0.4 is 5.56 Å². The molecule has 0 bridgehead atoms. The summed E-state index contributed by atoms with van der Waals surface area (Å²) >= 11 is 3.22. The fourth-order valence-electron chi connectivity index (χ4n) is 0.910. The number of hydrogen-bond acceptors (Lipinski definition) is 4. The molecule has 1 N–H and O–H groups in total. The third kappa shape index (κ3) is 3.44. The summed E-state index contributed by atoms with van der Waals surface area (Å²) < 4.78 is 0. The molecule has 1 aromatic heterocycles. The molecule has 0 unspecified atom stereocenters. The van der Waals surface area contributed by atoms with E-state index in [1.165, 1.54) is 0 Å². The quantitative estimate of drug-likeness (QED) is 0.615. The van der Waals surface area contributed by atoms with E-state index < -0.39 is 0 Å². The molecular formula is C8H12N2OS2. The number of nitrogens with one attached hydrogen (secondary N) is 1. The molecule has 0 aliphatic heterocycles. The molecule has 0 aromatic carbocycles. The Morgan fingerprint density at radius 2 is 2.38 bits per heavy atom. The third-order valence-electron chi connectivity index (χ3n) is 1.35. The van der Waals surface area contributed by atoms with Crippen molar-refractivity contribution >= 4 is 23.5 Å². The Morgan fingerprint density at radius 3 is 3.00 bits per heavy atom. The van der Waals surface area contributed by atoms with Gasteiger partial charge in [0.2, 0.25) is 0 Å². The molecule has 0 aliphatic rings. The van der Waals surface area contributed by atoms with E-state index >= 15 is 0 Å². The maximum Gasteiger partial charge on any atom is 0.251 e. The molecule has 0 spiro atoms. The monoisotopic (exact) mass is 216 g/mol. The highest BCUT2D eigenvalue weighted by Gasteiger charge is 1.99. The zero-order valence-corrected chi connectivity index (χ0v) is 9.30. The van der Waals surface area contributed by atoms with Crippen molar-refractivity contribution in [3.8, 4) is 0 Å². The van der Waals surface area contributed by atoms with Crippen molar-refractivity contribution in [2.75, 3.05) is 12.0 Å². The second-order valence-electron chi connectivity index (χ2n) is 2.41. The predicted octanol–water partition coefficient (Wildman–Crippen LogP) is 1.74. The Labute approximate surface area is 85.7 Å². The summed E-state index contributed by atoms with van der Waals surface area (Å²) in [5, 5.41) is 0.721. The summed E-state index contributed by atoms with van der Waals surface area (Å²) in [4.78, 5) is 18.1. The Balaban J connectivity index is 2.90. The predicted molar refractivity (Wildman–Crippen MR) is 58.5 cm³/mol. The Kier molecular flexibility index (Phi) is 4.38. The lowest BCUT2D eigenvalue weighted by atomic mass is 10.5. The largest absolute Gasteiger partial charge is 0.301 e. The molecule has 0 aliphatic carbocycles. The van der Waals surface area contributed by atoms with E-state index in [2.05, 4.69) is 9.97 Å². The van der Waals surface area contributed by atoms with Crippen LogP contribution in [0.1, 0.15) is 12.6 Å². The van der Waals surface area contributed by atoms with Gasteiger partial charge in [0.05, 0.1) is 5.69 Å². The highest BCUT2D eigenvalue weighted by molar-refractivity contribution is 7.99. The summed E-state index contributed by atoms with van der Waals surface area (Å²) in [6.45, 7) is 2.03. The summed E-state index contributed by atoms with van der Waals surface area (Å²) in [7, 11) is 0. The van der Waals surface area contributed by atoms with Gasteiger partial charge in [-0.15, -0.1) is 0 Å². The van der Waals surface area contributed by atoms with Crippen molar-refractivity contribution in [3.63, 3.8) is 0 Å². The van der Waals surface area contributed by atoms with E-state index in [4.69, 9.17) is 0 Å². The van der Waals surface area contributed by atoms with Gasteiger partial charge in [0.1, 0.15) is 0 Å². The molecule has 13 heavy (non-hydrogen) atoms. The van der Waals surface area contributed by atoms with Crippen LogP contribution in [0, 0.1) is 0 Å². The van der Waals surface area contributed by atoms with Crippen molar-refractivity contribution in [1.29, 1.82) is 0 Å². The summed E-state index contributed by atoms with van der Waals surface area (Å²) in [5.74, 6) is 1.72. The molecule has 0 amide bonds. The third-order valence-corrected chi connectivity index (χ3v) is 2.69. The lowest BCUT2D eigenvalue weighted by Gasteiger charge is -2.00. The molecule has 1 heterocycles. The average Bonchev–Trinajstić information content (AvgIpc) is 2.04. The SMILES string of the molecule is CCSc1nc(CSC)cc(=O)[nH]1. The zero-order chi connectivity index (χ0) is 9.68. The number of hydrogen-bond donors (Lipinski definition) is 1. The summed E-state index contributed by atoms with van der Waals surface area (Å²) in [6, 6.07) is 1.55. The number of rotatable bonds is 4. The van der Waals surface area contributed by atoms with Crippen molar-refractivity contribution < 1.29 is 0 Å². The Morgan fingerprint density at radius 1 is 1.62 bits per heavy atom. The van der Waals surface area contributed by atoms with Gasteiger partial charge in [0.25, 0.3) is 5.56 Å². The van der Waals surface area contributed by atoms with Gasteiger partial charge in [0.15, 0.2) is 5.16 Å². The van der Waals surface area contributed by atoms with Gasteiger partial charge in [-0.05, 0) is 12.0 Å². The van der Waals surface area contributed by atoms with Crippen molar-refractivity contribution in [1.82, 2.24) is 9.97 Å². The van der Waals surface area contributed by atoms with Crippen LogP contribution in [-0.4, -0.2) is 22.0 Å². The van der Waals surface area contributed by atoms with Crippen LogP contribution in [0.15, 0.2) is 16.0 Å². The average molecular weight is 216 g/mol. The number of aromatic nitrogens is 2. The number of H-pyrrole nitrogens is 1. The first-order chi connectivity index (χ1) is 6.26. The Bertz CT molecular complexity index is 297. The smallest absolute Gasteiger partial charge is 0.251 e. The molecule has 5 heteroatoms. The molecule has 0 fully saturated rings. The van der Waals surface area contributed by atoms with Gasteiger partial charge in [-0.3, -0.25) is 4.79 Å². The first-order valence-corrected chi connectivity index (χ1v) is 6.36. The second-order valence-corrected chi connectivity index (χ2v) is 4.53. The van der Waals surface area contributed by atoms with E-state index in [-0.39, 0.29) is 5.56 Å². The lowest BCUT2D eigenvalue weighted by Crippen LogP contribution is -2.09. The van der Waals surface area contributed by atoms with E-state index in [0.29, 0.717) is 0 Å². The van der Waals surface area contributed by atoms with Gasteiger partial charge in [-0.2, -0.15) is 11.8 Å². The molecule has 3 nitrogen and oxygen atoms in total. The lowest BCUT2D eigenvalue weighted by molar-refractivity contribution is 0.900. The minimum absolute atomic E-state index is 0.0602. The number of nitrogens with zero attached hydrogens (tertiary/aromatic N) is 1. The normalized spacial score (nSPS) is 10.3. The summed E-state index contributed by atoms with van der Waals surface area (Å²) in [6.07, 6.45) is 2.00. The summed E-state index contributed by atoms with van der Waals surface area (Å²) in [5.41, 5.74) is 0.794. The minimum Gasteiger partial charge on any atom is -0.301 e. The number of aromatic amines is 1. The molecule has 72 valence electrons. The van der Waals surface area contributed by atoms with Crippen molar-refractivity contribution in [2.45, 2.75) is 17.8 Å². The van der Waals surface area contributed by atoms with E-state index in [1.54, 1.807) is 29.6 Å². The fourth-order valence-corrected chi connectivity index (χ4v) is 1.98. The van der Waals surface area contributed by atoms with Crippen LogP contribution in [0.4, 0.5) is 0 Å². The standard InChI is InChI=1S/C8H12N2OS2/c1-3-13-8-9-6(5-12-2)4-7(11)10-8/h4H,3,5H2,1-2H3,(H,9,10,11). The minimum atomic E-state index is -0.0602. The van der Waals surface area contributed by atoms with Crippen molar-refractivity contribution in [2.24, 2.45) is 0 Å². The maximum absolute atomic E-state index is 11.1. The number of thioether (sulfide) groups is 2. The zero-order valence-electron chi connectivity index (χ0n) is 7.66. The van der Waals surface area contributed by atoms with Crippen molar-refractivity contribution in [3.05, 3.63) is 22.1 Å². The van der Waals surface area contributed by atoms with Gasteiger partial charge >= 0.3 is 0 Å². The Hall–Kier alpha value is -0.420. The molecule has 0 saturated carbocycles. The molecule has 0 atom stereocenters. The molecular weight excluding hydrogens is 204 g/mol. The van der Waals surface area contributed by atoms with Gasteiger partial charge in [-0.1, -0.05) is 18.7 Å². The first kappa shape index (κ1) is 10.7. The van der Waals surface area contributed by atoms with Crippen LogP contribution in [0.25, 0.3) is 0 Å². The second kappa shape index (κ2) is 5.34. The topological polar surface area (TPSA) is 45.8 Å².